The summed E-state index contributed by atoms with van der Waals surface area (Å²) in [5, 5.41) is 15.0. The first-order valence-corrected chi connectivity index (χ1v) is 3.02. The Labute approximate surface area is 70.3 Å². The average molecular weight is 176 g/mol. The van der Waals surface area contributed by atoms with Crippen molar-refractivity contribution in [3.63, 3.8) is 0 Å². The van der Waals surface area contributed by atoms with Crippen LogP contribution in [0.2, 0.25) is 0 Å². The van der Waals surface area contributed by atoms with E-state index in [9.17, 15) is 4.79 Å². The quantitative estimate of drug-likeness (QED) is 0.449. The molecule has 0 saturated heterocycles. The topological polar surface area (TPSA) is 83.8 Å². The Morgan fingerprint density at radius 2 is 1.83 bits per heavy atom. The van der Waals surface area contributed by atoms with Crippen LogP contribution in [0.3, 0.4) is 0 Å². The molecular formula is C7H12O5. The van der Waals surface area contributed by atoms with Crippen molar-refractivity contribution in [2.75, 3.05) is 13.7 Å². The Morgan fingerprint density at radius 3 is 1.83 bits per heavy atom. The number of aliphatic carboxylic acids is 1. The van der Waals surface area contributed by atoms with Crippen LogP contribution in [0, 0.1) is 0 Å². The molecule has 0 aliphatic carbocycles. The Hall–Kier alpha value is -1.36. The number of hydrogen-bond acceptors (Lipinski definition) is 4. The number of carboxylic acids is 1. The van der Waals surface area contributed by atoms with Gasteiger partial charge >= 0.3 is 11.9 Å². The molecule has 0 heterocycles. The molecule has 0 bridgehead atoms. The van der Waals surface area contributed by atoms with Crippen LogP contribution in [0.4, 0.5) is 0 Å². The van der Waals surface area contributed by atoms with Gasteiger partial charge in [0.2, 0.25) is 0 Å². The lowest BCUT2D eigenvalue weighted by molar-refractivity contribution is -0.140. The van der Waals surface area contributed by atoms with Crippen LogP contribution >= 0.6 is 0 Å². The molecule has 0 rings (SSSR count). The van der Waals surface area contributed by atoms with Gasteiger partial charge in [-0.25, -0.2) is 9.59 Å². The number of methoxy groups -OCH3 is 1. The number of aliphatic hydroxyl groups is 1. The molecule has 5 nitrogen and oxygen atoms in total. The van der Waals surface area contributed by atoms with E-state index in [1.807, 2.05) is 0 Å². The highest BCUT2D eigenvalue weighted by Crippen LogP contribution is 1.87. The summed E-state index contributed by atoms with van der Waals surface area (Å²) in [5.41, 5.74) is 0.433. The fourth-order valence-corrected chi connectivity index (χ4v) is 0.174. The minimum Gasteiger partial charge on any atom is -0.480 e. The van der Waals surface area contributed by atoms with Gasteiger partial charge in [-0.3, -0.25) is 0 Å². The van der Waals surface area contributed by atoms with Crippen molar-refractivity contribution in [1.82, 2.24) is 0 Å². The zero-order valence-corrected chi connectivity index (χ0v) is 7.03. The van der Waals surface area contributed by atoms with E-state index in [0.717, 1.165) is 0 Å². The zero-order chi connectivity index (χ0) is 10.1. The highest BCUT2D eigenvalue weighted by atomic mass is 16.5. The third kappa shape index (κ3) is 11.4. The lowest BCUT2D eigenvalue weighted by Gasteiger charge is -1.91. The van der Waals surface area contributed by atoms with E-state index in [4.69, 9.17) is 15.0 Å². The highest BCUT2D eigenvalue weighted by molar-refractivity contribution is 5.86. The molecule has 0 unspecified atom stereocenters. The lowest BCUT2D eigenvalue weighted by atomic mass is 10.4. The Kier molecular flexibility index (Phi) is 8.55. The first-order chi connectivity index (χ1) is 5.45. The van der Waals surface area contributed by atoms with Crippen LogP contribution in [0.1, 0.15) is 6.92 Å². The van der Waals surface area contributed by atoms with Crippen LogP contribution in [-0.4, -0.2) is 35.9 Å². The number of esters is 1. The molecule has 0 aliphatic heterocycles. The monoisotopic (exact) mass is 176 g/mol. The van der Waals surface area contributed by atoms with Crippen molar-refractivity contribution < 1.29 is 24.5 Å². The number of carbonyl (C=O) groups is 2. The molecule has 0 aliphatic rings. The number of carboxylic acid groups (broad SMARTS) is 1. The number of aliphatic hydroxyl groups excluding tert-OH is 1. The van der Waals surface area contributed by atoms with E-state index in [2.05, 4.69) is 11.3 Å². The predicted octanol–water partition coefficient (Wildman–Crippen LogP) is -0.201. The smallest absolute Gasteiger partial charge is 0.332 e. The van der Waals surface area contributed by atoms with Crippen LogP contribution in [0.25, 0.3) is 0 Å². The van der Waals surface area contributed by atoms with Gasteiger partial charge in [-0.1, -0.05) is 6.58 Å². The standard InChI is InChI=1S/C5H8O2.C2H4O3/c1-4(2)5(6)7-3;3-1-2(4)5/h1H2,2-3H3;3H,1H2,(H,4,5). The minimum absolute atomic E-state index is 0.347. The highest BCUT2D eigenvalue weighted by Gasteiger charge is 1.95. The SMILES string of the molecule is C=C(C)C(=O)OC.O=C(O)CO. The fourth-order valence-electron chi connectivity index (χ4n) is 0.174. The summed E-state index contributed by atoms with van der Waals surface area (Å²) < 4.78 is 4.27. The van der Waals surface area contributed by atoms with E-state index >= 15 is 0 Å². The van der Waals surface area contributed by atoms with Gasteiger partial charge in [0.05, 0.1) is 7.11 Å². The van der Waals surface area contributed by atoms with E-state index in [0.29, 0.717) is 5.57 Å². The van der Waals surface area contributed by atoms with Crippen LogP contribution in [0.15, 0.2) is 12.2 Å². The lowest BCUT2D eigenvalue weighted by Crippen LogP contribution is -1.98. The van der Waals surface area contributed by atoms with Gasteiger partial charge in [-0.05, 0) is 6.92 Å². The van der Waals surface area contributed by atoms with Gasteiger partial charge < -0.3 is 14.9 Å². The summed E-state index contributed by atoms with van der Waals surface area (Å²) in [5.74, 6) is -1.54. The summed E-state index contributed by atoms with van der Waals surface area (Å²) in [6.45, 7) is 4.18. The van der Waals surface area contributed by atoms with Crippen LogP contribution in [-0.2, 0) is 14.3 Å². The summed E-state index contributed by atoms with van der Waals surface area (Å²) in [6, 6.07) is 0. The number of ether oxygens (including phenoxy) is 1. The molecule has 0 aromatic carbocycles. The average Bonchev–Trinajstić information content (AvgIpc) is 2.04. The van der Waals surface area contributed by atoms with E-state index in [1.165, 1.54) is 7.11 Å². The van der Waals surface area contributed by atoms with Crippen LogP contribution in [0.5, 0.6) is 0 Å². The maximum atomic E-state index is 10.2. The largest absolute Gasteiger partial charge is 0.480 e. The Bertz CT molecular complexity index is 173. The summed E-state index contributed by atoms with van der Waals surface area (Å²) in [6.07, 6.45) is 0. The normalized spacial score (nSPS) is 7.58. The maximum absolute atomic E-state index is 10.2. The molecule has 12 heavy (non-hydrogen) atoms. The van der Waals surface area contributed by atoms with Gasteiger partial charge in [0.1, 0.15) is 6.61 Å². The molecule has 0 radical (unpaired) electrons. The van der Waals surface area contributed by atoms with E-state index in [-0.39, 0.29) is 5.97 Å². The second-order valence-electron chi connectivity index (χ2n) is 1.82. The third-order valence-electron chi connectivity index (χ3n) is 0.669. The molecule has 2 N–H and O–H groups in total. The van der Waals surface area contributed by atoms with Gasteiger partial charge in [-0.15, -0.1) is 0 Å². The second kappa shape index (κ2) is 7.74. The first-order valence-electron chi connectivity index (χ1n) is 3.02. The number of rotatable bonds is 2. The molecule has 0 spiro atoms. The van der Waals surface area contributed by atoms with Crippen molar-refractivity contribution in [3.05, 3.63) is 12.2 Å². The van der Waals surface area contributed by atoms with Crippen molar-refractivity contribution >= 4 is 11.9 Å². The first kappa shape index (κ1) is 13.2. The third-order valence-corrected chi connectivity index (χ3v) is 0.669. The Balaban J connectivity index is 0. The van der Waals surface area contributed by atoms with Gasteiger partial charge in [0.15, 0.2) is 0 Å². The molecule has 5 heteroatoms. The molecule has 0 amide bonds. The number of hydrogen-bond donors (Lipinski definition) is 2. The summed E-state index contributed by atoms with van der Waals surface area (Å²) in [4.78, 5) is 19.3. The second-order valence-corrected chi connectivity index (χ2v) is 1.82. The van der Waals surface area contributed by atoms with Crippen molar-refractivity contribution in [2.45, 2.75) is 6.92 Å². The zero-order valence-electron chi connectivity index (χ0n) is 7.03. The minimum atomic E-state index is -1.19. The molecule has 0 fully saturated rings. The number of carbonyl (C=O) groups excluding carboxylic acids is 1. The van der Waals surface area contributed by atoms with Gasteiger partial charge in [-0.2, -0.15) is 0 Å². The van der Waals surface area contributed by atoms with E-state index in [1.54, 1.807) is 6.92 Å². The van der Waals surface area contributed by atoms with Gasteiger partial charge in [0.25, 0.3) is 0 Å². The molecular weight excluding hydrogens is 164 g/mol. The summed E-state index contributed by atoms with van der Waals surface area (Å²) in [7, 11) is 1.33. The molecule has 0 saturated carbocycles. The fraction of sp³-hybridized carbons (Fsp3) is 0.429. The van der Waals surface area contributed by atoms with E-state index < -0.39 is 12.6 Å². The van der Waals surface area contributed by atoms with Crippen molar-refractivity contribution in [1.29, 1.82) is 0 Å². The van der Waals surface area contributed by atoms with Crippen molar-refractivity contribution in [3.8, 4) is 0 Å². The Morgan fingerprint density at radius 1 is 1.50 bits per heavy atom. The molecule has 70 valence electrons. The molecule has 0 aromatic heterocycles. The van der Waals surface area contributed by atoms with Gasteiger partial charge in [0, 0.05) is 5.57 Å². The maximum Gasteiger partial charge on any atom is 0.332 e. The predicted molar refractivity (Wildman–Crippen MR) is 41.6 cm³/mol. The van der Waals surface area contributed by atoms with Crippen LogP contribution < -0.4 is 0 Å². The summed E-state index contributed by atoms with van der Waals surface area (Å²) >= 11 is 0. The molecule has 0 atom stereocenters. The van der Waals surface area contributed by atoms with Crippen molar-refractivity contribution in [2.24, 2.45) is 0 Å². The molecule has 0 aromatic rings.